The lowest BCUT2D eigenvalue weighted by Crippen LogP contribution is -2.41. The maximum atomic E-state index is 13.3. The van der Waals surface area contributed by atoms with Gasteiger partial charge in [-0.05, 0) is 29.8 Å². The number of anilines is 1. The zero-order chi connectivity index (χ0) is 17.8. The van der Waals surface area contributed by atoms with Crippen molar-refractivity contribution in [1.82, 2.24) is 14.9 Å². The molecule has 2 heterocycles. The van der Waals surface area contributed by atoms with Gasteiger partial charge < -0.3 is 10.1 Å². The molecule has 0 spiro atoms. The molecular formula is C20H21FN4O. The Bertz CT molecular complexity index is 865. The lowest BCUT2D eigenvalue weighted by Gasteiger charge is -2.35. The van der Waals surface area contributed by atoms with Crippen LogP contribution in [0.3, 0.4) is 0 Å². The van der Waals surface area contributed by atoms with Crippen molar-refractivity contribution < 1.29 is 9.13 Å². The zero-order valence-electron chi connectivity index (χ0n) is 14.4. The molecule has 1 fully saturated rings. The Morgan fingerprint density at radius 3 is 2.54 bits per heavy atom. The number of hydrogen-bond donors (Lipinski definition) is 1. The van der Waals surface area contributed by atoms with Crippen LogP contribution in [0.5, 0.6) is 0 Å². The van der Waals surface area contributed by atoms with Gasteiger partial charge in [0.25, 0.3) is 0 Å². The fourth-order valence-corrected chi connectivity index (χ4v) is 3.28. The van der Waals surface area contributed by atoms with Crippen LogP contribution in [0.4, 0.5) is 10.2 Å². The van der Waals surface area contributed by atoms with Gasteiger partial charge in [0.1, 0.15) is 11.6 Å². The number of hydrogen-bond acceptors (Lipinski definition) is 5. The molecule has 4 rings (SSSR count). The smallest absolute Gasteiger partial charge is 0.145 e. The van der Waals surface area contributed by atoms with Gasteiger partial charge in [0, 0.05) is 19.6 Å². The van der Waals surface area contributed by atoms with Crippen LogP contribution in [0, 0.1) is 5.82 Å². The van der Waals surface area contributed by atoms with Crippen molar-refractivity contribution in [2.75, 3.05) is 38.2 Å². The van der Waals surface area contributed by atoms with Gasteiger partial charge in [0.05, 0.1) is 36.5 Å². The van der Waals surface area contributed by atoms with E-state index in [-0.39, 0.29) is 11.9 Å². The predicted molar refractivity (Wildman–Crippen MR) is 99.6 cm³/mol. The molecule has 6 heteroatoms. The number of morpholine rings is 1. The van der Waals surface area contributed by atoms with E-state index in [2.05, 4.69) is 20.2 Å². The van der Waals surface area contributed by atoms with E-state index in [1.807, 2.05) is 36.4 Å². The second-order valence-corrected chi connectivity index (χ2v) is 6.34. The first-order chi connectivity index (χ1) is 12.8. The molecule has 3 aromatic rings. The number of nitrogens with zero attached hydrogens (tertiary/aromatic N) is 3. The quantitative estimate of drug-likeness (QED) is 0.764. The molecule has 1 N–H and O–H groups in total. The highest BCUT2D eigenvalue weighted by Gasteiger charge is 2.22. The first-order valence-electron chi connectivity index (χ1n) is 8.82. The minimum absolute atomic E-state index is 0.118. The van der Waals surface area contributed by atoms with E-state index in [0.717, 1.165) is 35.5 Å². The largest absolute Gasteiger partial charge is 0.379 e. The topological polar surface area (TPSA) is 50.3 Å². The minimum Gasteiger partial charge on any atom is -0.379 e. The third-order valence-electron chi connectivity index (χ3n) is 4.67. The van der Waals surface area contributed by atoms with Crippen LogP contribution in [0.1, 0.15) is 11.6 Å². The highest BCUT2D eigenvalue weighted by molar-refractivity contribution is 5.75. The molecule has 5 nitrogen and oxygen atoms in total. The van der Waals surface area contributed by atoms with Crippen LogP contribution in [-0.4, -0.2) is 47.7 Å². The average molecular weight is 352 g/mol. The van der Waals surface area contributed by atoms with Crippen LogP contribution >= 0.6 is 0 Å². The minimum atomic E-state index is -0.220. The van der Waals surface area contributed by atoms with Gasteiger partial charge in [-0.15, -0.1) is 0 Å². The second-order valence-electron chi connectivity index (χ2n) is 6.34. The molecular weight excluding hydrogens is 331 g/mol. The average Bonchev–Trinajstić information content (AvgIpc) is 2.70. The summed E-state index contributed by atoms with van der Waals surface area (Å²) in [5.41, 5.74) is 2.82. The van der Waals surface area contributed by atoms with E-state index >= 15 is 0 Å². The molecule has 1 unspecified atom stereocenters. The maximum Gasteiger partial charge on any atom is 0.145 e. The maximum absolute atomic E-state index is 13.3. The second kappa shape index (κ2) is 7.76. The summed E-state index contributed by atoms with van der Waals surface area (Å²) in [6.07, 6.45) is 1.75. The number of rotatable bonds is 5. The zero-order valence-corrected chi connectivity index (χ0v) is 14.4. The molecule has 0 aliphatic carbocycles. The van der Waals surface area contributed by atoms with Gasteiger partial charge in [-0.1, -0.05) is 24.3 Å². The Kier molecular flexibility index (Phi) is 5.04. The lowest BCUT2D eigenvalue weighted by molar-refractivity contribution is 0.0187. The Morgan fingerprint density at radius 2 is 1.77 bits per heavy atom. The summed E-state index contributed by atoms with van der Waals surface area (Å²) in [5.74, 6) is 0.520. The Labute approximate surface area is 151 Å². The molecule has 0 radical (unpaired) electrons. The van der Waals surface area contributed by atoms with Gasteiger partial charge in [-0.3, -0.25) is 9.88 Å². The van der Waals surface area contributed by atoms with Gasteiger partial charge in [-0.25, -0.2) is 9.37 Å². The molecule has 1 aromatic heterocycles. The van der Waals surface area contributed by atoms with Crippen molar-refractivity contribution in [2.45, 2.75) is 6.04 Å². The molecule has 134 valence electrons. The van der Waals surface area contributed by atoms with Gasteiger partial charge in [-0.2, -0.15) is 0 Å². The molecule has 26 heavy (non-hydrogen) atoms. The number of halogens is 1. The van der Waals surface area contributed by atoms with E-state index in [9.17, 15) is 4.39 Å². The molecule has 1 aliphatic heterocycles. The van der Waals surface area contributed by atoms with E-state index in [0.29, 0.717) is 19.8 Å². The van der Waals surface area contributed by atoms with Crippen molar-refractivity contribution in [3.8, 4) is 0 Å². The summed E-state index contributed by atoms with van der Waals surface area (Å²) in [5, 5.41) is 3.40. The molecule has 0 bridgehead atoms. The van der Waals surface area contributed by atoms with E-state index in [1.165, 1.54) is 12.1 Å². The summed E-state index contributed by atoms with van der Waals surface area (Å²) in [6.45, 7) is 3.81. The van der Waals surface area contributed by atoms with Crippen LogP contribution in [0.2, 0.25) is 0 Å². The number of aromatic nitrogens is 2. The SMILES string of the molecule is Fc1ccc(C(CNc2cnc3ccccc3n2)N2CCOCC2)cc1. The summed E-state index contributed by atoms with van der Waals surface area (Å²) in [7, 11) is 0. The van der Waals surface area contributed by atoms with Crippen molar-refractivity contribution >= 4 is 16.9 Å². The first kappa shape index (κ1) is 16.9. The molecule has 1 saturated heterocycles. The van der Waals surface area contributed by atoms with E-state index in [1.54, 1.807) is 6.20 Å². The Balaban J connectivity index is 1.54. The fourth-order valence-electron chi connectivity index (χ4n) is 3.28. The predicted octanol–water partition coefficient (Wildman–Crippen LogP) is 3.25. The summed E-state index contributed by atoms with van der Waals surface area (Å²) in [6, 6.07) is 14.6. The lowest BCUT2D eigenvalue weighted by atomic mass is 10.0. The molecule has 2 aromatic carbocycles. The Morgan fingerprint density at radius 1 is 1.04 bits per heavy atom. The molecule has 0 amide bonds. The standard InChI is InChI=1S/C20H21FN4O/c21-16-7-5-15(6-8-16)19(25-9-11-26-12-10-25)13-23-20-14-22-17-3-1-2-4-18(17)24-20/h1-8,14,19H,9-13H2,(H,23,24). The van der Waals surface area contributed by atoms with Crippen molar-refractivity contribution in [3.63, 3.8) is 0 Å². The molecule has 1 aliphatic rings. The number of nitrogens with one attached hydrogen (secondary N) is 1. The normalized spacial score (nSPS) is 16.5. The van der Waals surface area contributed by atoms with Gasteiger partial charge in [0.2, 0.25) is 0 Å². The molecule has 1 atom stereocenters. The molecule has 0 saturated carbocycles. The van der Waals surface area contributed by atoms with Crippen molar-refractivity contribution in [1.29, 1.82) is 0 Å². The van der Waals surface area contributed by atoms with Crippen LogP contribution < -0.4 is 5.32 Å². The highest BCUT2D eigenvalue weighted by Crippen LogP contribution is 2.23. The van der Waals surface area contributed by atoms with E-state index < -0.39 is 0 Å². The van der Waals surface area contributed by atoms with Crippen molar-refractivity contribution in [3.05, 3.63) is 66.1 Å². The van der Waals surface area contributed by atoms with Crippen LogP contribution in [0.15, 0.2) is 54.7 Å². The van der Waals surface area contributed by atoms with Crippen LogP contribution in [-0.2, 0) is 4.74 Å². The van der Waals surface area contributed by atoms with Crippen LogP contribution in [0.25, 0.3) is 11.0 Å². The third-order valence-corrected chi connectivity index (χ3v) is 4.67. The first-order valence-corrected chi connectivity index (χ1v) is 8.82. The highest BCUT2D eigenvalue weighted by atomic mass is 19.1. The van der Waals surface area contributed by atoms with Gasteiger partial charge >= 0.3 is 0 Å². The number of para-hydroxylation sites is 2. The summed E-state index contributed by atoms with van der Waals surface area (Å²) >= 11 is 0. The summed E-state index contributed by atoms with van der Waals surface area (Å²) in [4.78, 5) is 11.4. The fraction of sp³-hybridized carbons (Fsp3) is 0.300. The number of fused-ring (bicyclic) bond motifs is 1. The monoisotopic (exact) mass is 352 g/mol. The number of benzene rings is 2. The Hall–Kier alpha value is -2.57. The van der Waals surface area contributed by atoms with E-state index in [4.69, 9.17) is 4.74 Å². The number of ether oxygens (including phenoxy) is 1. The van der Waals surface area contributed by atoms with Crippen molar-refractivity contribution in [2.24, 2.45) is 0 Å². The third kappa shape index (κ3) is 3.81. The summed E-state index contributed by atoms with van der Waals surface area (Å²) < 4.78 is 18.8. The van der Waals surface area contributed by atoms with Gasteiger partial charge in [0.15, 0.2) is 0 Å².